The van der Waals surface area contributed by atoms with Gasteiger partial charge < -0.3 is 14.6 Å². The van der Waals surface area contributed by atoms with Crippen molar-refractivity contribution in [3.05, 3.63) is 17.5 Å². The third kappa shape index (κ3) is 3.14. The summed E-state index contributed by atoms with van der Waals surface area (Å²) in [6.07, 6.45) is 0.215. The van der Waals surface area contributed by atoms with E-state index in [-0.39, 0.29) is 0 Å². The molecule has 0 bridgehead atoms. The van der Waals surface area contributed by atoms with Gasteiger partial charge in [0.1, 0.15) is 5.76 Å². The van der Waals surface area contributed by atoms with Crippen molar-refractivity contribution in [2.75, 3.05) is 13.7 Å². The van der Waals surface area contributed by atoms with Crippen molar-refractivity contribution < 1.29 is 14.1 Å². The molecule has 1 N–H and O–H groups in total. The van der Waals surface area contributed by atoms with Crippen molar-refractivity contribution in [3.8, 4) is 0 Å². The Labute approximate surface area is 76.0 Å². The molecule has 0 aliphatic rings. The molecule has 0 radical (unpaired) electrons. The molecule has 1 aromatic heterocycles. The molecule has 0 fully saturated rings. The number of aryl methyl sites for hydroxylation is 1. The predicted molar refractivity (Wildman–Crippen MR) is 45.4 cm³/mol. The maximum Gasteiger partial charge on any atom is 0.406 e. The number of hydrogen-bond acceptors (Lipinski definition) is 4. The Bertz CT molecular complexity index is 283. The minimum Gasteiger partial charge on any atom is -0.453 e. The average Bonchev–Trinajstić information content (AvgIpc) is 2.51. The topological polar surface area (TPSA) is 64.4 Å². The first-order valence-corrected chi connectivity index (χ1v) is 3.96. The van der Waals surface area contributed by atoms with Crippen LogP contribution in [0.1, 0.15) is 11.5 Å². The van der Waals surface area contributed by atoms with Crippen LogP contribution in [0.5, 0.6) is 0 Å². The number of methoxy groups -OCH3 is 1. The van der Waals surface area contributed by atoms with Crippen LogP contribution in [0.3, 0.4) is 0 Å². The van der Waals surface area contributed by atoms with Gasteiger partial charge in [0, 0.05) is 19.0 Å². The first kappa shape index (κ1) is 9.57. The zero-order valence-electron chi connectivity index (χ0n) is 7.66. The molecule has 0 aliphatic carbocycles. The van der Waals surface area contributed by atoms with Crippen LogP contribution in [-0.4, -0.2) is 24.9 Å². The fourth-order valence-corrected chi connectivity index (χ4v) is 0.901. The number of hydrogen-bond donors (Lipinski definition) is 1. The van der Waals surface area contributed by atoms with Crippen molar-refractivity contribution in [3.63, 3.8) is 0 Å². The van der Waals surface area contributed by atoms with E-state index in [1.807, 2.05) is 13.0 Å². The molecule has 1 amide bonds. The molecule has 0 spiro atoms. The van der Waals surface area contributed by atoms with Crippen molar-refractivity contribution in [2.45, 2.75) is 13.3 Å². The lowest BCUT2D eigenvalue weighted by Crippen LogP contribution is -2.25. The lowest BCUT2D eigenvalue weighted by Gasteiger charge is -1.99. The monoisotopic (exact) mass is 184 g/mol. The summed E-state index contributed by atoms with van der Waals surface area (Å²) in [6, 6.07) is 1.83. The number of rotatable bonds is 3. The number of amides is 1. The largest absolute Gasteiger partial charge is 0.453 e. The standard InChI is InChI=1S/C8H12N2O3/c1-6-5-7(10-13-6)3-4-9-8(11)12-2/h5H,3-4H2,1-2H3,(H,9,11). The van der Waals surface area contributed by atoms with Crippen molar-refractivity contribution in [1.82, 2.24) is 10.5 Å². The summed E-state index contributed by atoms with van der Waals surface area (Å²) in [4.78, 5) is 10.6. The molecular formula is C8H12N2O3. The molecule has 1 aromatic rings. The van der Waals surface area contributed by atoms with E-state index in [0.29, 0.717) is 13.0 Å². The van der Waals surface area contributed by atoms with Gasteiger partial charge in [-0.25, -0.2) is 4.79 Å². The van der Waals surface area contributed by atoms with Gasteiger partial charge in [0.25, 0.3) is 0 Å². The van der Waals surface area contributed by atoms with Gasteiger partial charge in [0.15, 0.2) is 0 Å². The Hall–Kier alpha value is -1.52. The molecular weight excluding hydrogens is 172 g/mol. The number of ether oxygens (including phenoxy) is 1. The first-order chi connectivity index (χ1) is 6.22. The highest BCUT2D eigenvalue weighted by Gasteiger charge is 2.01. The number of carbonyl (C=O) groups is 1. The van der Waals surface area contributed by atoms with E-state index in [9.17, 15) is 4.79 Å². The quantitative estimate of drug-likeness (QED) is 0.757. The highest BCUT2D eigenvalue weighted by molar-refractivity contribution is 5.66. The van der Waals surface area contributed by atoms with E-state index in [2.05, 4.69) is 15.2 Å². The second-order valence-corrected chi connectivity index (χ2v) is 2.60. The molecule has 0 atom stereocenters. The summed E-state index contributed by atoms with van der Waals surface area (Å²) in [5.74, 6) is 0.771. The highest BCUT2D eigenvalue weighted by Crippen LogP contribution is 2.01. The van der Waals surface area contributed by atoms with Crippen LogP contribution in [-0.2, 0) is 11.2 Å². The van der Waals surface area contributed by atoms with Gasteiger partial charge in [-0.2, -0.15) is 0 Å². The molecule has 1 rings (SSSR count). The smallest absolute Gasteiger partial charge is 0.406 e. The number of aromatic nitrogens is 1. The van der Waals surface area contributed by atoms with Gasteiger partial charge in [-0.3, -0.25) is 0 Å². The third-order valence-corrected chi connectivity index (χ3v) is 1.51. The lowest BCUT2D eigenvalue weighted by molar-refractivity contribution is 0.171. The lowest BCUT2D eigenvalue weighted by atomic mass is 10.3. The fourth-order valence-electron chi connectivity index (χ4n) is 0.901. The van der Waals surface area contributed by atoms with Crippen LogP contribution >= 0.6 is 0 Å². The summed E-state index contributed by atoms with van der Waals surface area (Å²) in [6.45, 7) is 2.32. The molecule has 5 nitrogen and oxygen atoms in total. The Balaban J connectivity index is 2.24. The summed E-state index contributed by atoms with van der Waals surface area (Å²) >= 11 is 0. The SMILES string of the molecule is COC(=O)NCCc1cc(C)on1. The van der Waals surface area contributed by atoms with Crippen LogP contribution in [0.15, 0.2) is 10.6 Å². The van der Waals surface area contributed by atoms with Gasteiger partial charge in [-0.05, 0) is 6.92 Å². The summed E-state index contributed by atoms with van der Waals surface area (Å²) < 4.78 is 9.25. The number of nitrogens with one attached hydrogen (secondary N) is 1. The molecule has 13 heavy (non-hydrogen) atoms. The van der Waals surface area contributed by atoms with E-state index in [0.717, 1.165) is 11.5 Å². The molecule has 1 heterocycles. The second kappa shape index (κ2) is 4.49. The van der Waals surface area contributed by atoms with E-state index in [4.69, 9.17) is 4.52 Å². The molecule has 0 unspecified atom stereocenters. The van der Waals surface area contributed by atoms with Crippen LogP contribution < -0.4 is 5.32 Å². The van der Waals surface area contributed by atoms with Crippen LogP contribution in [0.25, 0.3) is 0 Å². The van der Waals surface area contributed by atoms with Crippen molar-refractivity contribution in [1.29, 1.82) is 0 Å². The Morgan fingerprint density at radius 2 is 2.54 bits per heavy atom. The Morgan fingerprint density at radius 1 is 1.77 bits per heavy atom. The highest BCUT2D eigenvalue weighted by atomic mass is 16.5. The maximum absolute atomic E-state index is 10.6. The molecule has 0 aliphatic heterocycles. The van der Waals surface area contributed by atoms with E-state index >= 15 is 0 Å². The predicted octanol–water partition coefficient (Wildman–Crippen LogP) is 0.882. The van der Waals surface area contributed by atoms with Crippen molar-refractivity contribution >= 4 is 6.09 Å². The number of carbonyl (C=O) groups excluding carboxylic acids is 1. The van der Waals surface area contributed by atoms with Gasteiger partial charge in [0.2, 0.25) is 0 Å². The van der Waals surface area contributed by atoms with Gasteiger partial charge in [-0.15, -0.1) is 0 Å². The average molecular weight is 184 g/mol. The first-order valence-electron chi connectivity index (χ1n) is 3.96. The summed E-state index contributed by atoms with van der Waals surface area (Å²) in [5, 5.41) is 6.32. The van der Waals surface area contributed by atoms with Gasteiger partial charge in [-0.1, -0.05) is 5.16 Å². The fraction of sp³-hybridized carbons (Fsp3) is 0.500. The second-order valence-electron chi connectivity index (χ2n) is 2.60. The zero-order valence-corrected chi connectivity index (χ0v) is 7.66. The minimum absolute atomic E-state index is 0.430. The van der Waals surface area contributed by atoms with Crippen LogP contribution in [0.2, 0.25) is 0 Å². The van der Waals surface area contributed by atoms with Crippen LogP contribution in [0.4, 0.5) is 4.79 Å². The third-order valence-electron chi connectivity index (χ3n) is 1.51. The maximum atomic E-state index is 10.6. The zero-order chi connectivity index (χ0) is 9.68. The minimum atomic E-state index is -0.430. The summed E-state index contributed by atoms with van der Waals surface area (Å²) in [5.41, 5.74) is 0.828. The molecule has 0 aromatic carbocycles. The number of nitrogens with zero attached hydrogens (tertiary/aromatic N) is 1. The van der Waals surface area contributed by atoms with E-state index in [1.165, 1.54) is 7.11 Å². The normalized spacial score (nSPS) is 9.69. The summed E-state index contributed by atoms with van der Waals surface area (Å²) in [7, 11) is 1.33. The molecule has 0 saturated carbocycles. The Morgan fingerprint density at radius 3 is 3.08 bits per heavy atom. The van der Waals surface area contributed by atoms with E-state index in [1.54, 1.807) is 0 Å². The number of alkyl carbamates (subject to hydrolysis) is 1. The van der Waals surface area contributed by atoms with Crippen LogP contribution in [0, 0.1) is 6.92 Å². The molecule has 5 heteroatoms. The van der Waals surface area contributed by atoms with Crippen molar-refractivity contribution in [2.24, 2.45) is 0 Å². The molecule has 0 saturated heterocycles. The van der Waals surface area contributed by atoms with Gasteiger partial charge in [0.05, 0.1) is 12.8 Å². The molecule has 72 valence electrons. The van der Waals surface area contributed by atoms with E-state index < -0.39 is 6.09 Å². The Kier molecular flexibility index (Phi) is 3.31. The van der Waals surface area contributed by atoms with Gasteiger partial charge >= 0.3 is 6.09 Å².